The molecule has 1 aromatic heterocycles. The Bertz CT molecular complexity index is 256. The third-order valence-electron chi connectivity index (χ3n) is 1.93. The summed E-state index contributed by atoms with van der Waals surface area (Å²) in [7, 11) is 0. The molecule has 1 N–H and O–H groups in total. The fraction of sp³-hybridized carbons (Fsp3) is 0.500. The molecule has 1 rings (SSSR count). The minimum atomic E-state index is 0.122. The van der Waals surface area contributed by atoms with E-state index in [1.54, 1.807) is 11.3 Å². The zero-order chi connectivity index (χ0) is 9.68. The van der Waals surface area contributed by atoms with Crippen LogP contribution < -0.4 is 5.32 Å². The van der Waals surface area contributed by atoms with Gasteiger partial charge in [-0.1, -0.05) is 13.0 Å². The van der Waals surface area contributed by atoms with Crippen molar-refractivity contribution in [3.05, 3.63) is 22.4 Å². The van der Waals surface area contributed by atoms with Crippen molar-refractivity contribution < 1.29 is 4.79 Å². The van der Waals surface area contributed by atoms with Crippen molar-refractivity contribution in [1.82, 2.24) is 5.32 Å². The number of carbonyl (C=O) groups is 1. The van der Waals surface area contributed by atoms with Crippen molar-refractivity contribution in [3.8, 4) is 0 Å². The highest BCUT2D eigenvalue weighted by molar-refractivity contribution is 7.10. The highest BCUT2D eigenvalue weighted by Gasteiger charge is 2.06. The standard InChI is InChI=1S/C10H15NOS/c1-3-8(2)11-10(12)7-9-5-4-6-13-9/h4-6,8H,3,7H2,1-2H3,(H,11,12)/t8-/m0/s1. The van der Waals surface area contributed by atoms with Gasteiger partial charge in [-0.2, -0.15) is 0 Å². The van der Waals surface area contributed by atoms with Gasteiger partial charge in [-0.3, -0.25) is 4.79 Å². The second-order valence-corrected chi connectivity index (χ2v) is 4.17. The first-order chi connectivity index (χ1) is 6.22. The molecule has 0 radical (unpaired) electrons. The second kappa shape index (κ2) is 5.02. The van der Waals surface area contributed by atoms with E-state index >= 15 is 0 Å². The van der Waals surface area contributed by atoms with Crippen molar-refractivity contribution in [1.29, 1.82) is 0 Å². The molecule has 13 heavy (non-hydrogen) atoms. The van der Waals surface area contributed by atoms with Crippen molar-refractivity contribution in [3.63, 3.8) is 0 Å². The van der Waals surface area contributed by atoms with E-state index in [0.29, 0.717) is 6.42 Å². The Kier molecular flexibility index (Phi) is 3.96. The molecule has 0 fully saturated rings. The van der Waals surface area contributed by atoms with Gasteiger partial charge >= 0.3 is 0 Å². The SMILES string of the molecule is CC[C@H](C)NC(=O)Cc1cccs1. The summed E-state index contributed by atoms with van der Waals surface area (Å²) >= 11 is 1.63. The van der Waals surface area contributed by atoms with Crippen LogP contribution in [0.4, 0.5) is 0 Å². The number of amides is 1. The number of thiophene rings is 1. The van der Waals surface area contributed by atoms with E-state index in [-0.39, 0.29) is 11.9 Å². The molecule has 0 aromatic carbocycles. The lowest BCUT2D eigenvalue weighted by Gasteiger charge is -2.10. The molecule has 0 saturated carbocycles. The van der Waals surface area contributed by atoms with Gasteiger partial charge in [-0.15, -0.1) is 11.3 Å². The van der Waals surface area contributed by atoms with E-state index in [1.165, 1.54) is 0 Å². The lowest BCUT2D eigenvalue weighted by Crippen LogP contribution is -2.32. The highest BCUT2D eigenvalue weighted by Crippen LogP contribution is 2.08. The molecule has 0 unspecified atom stereocenters. The van der Waals surface area contributed by atoms with E-state index < -0.39 is 0 Å². The molecule has 1 amide bonds. The van der Waals surface area contributed by atoms with Crippen LogP contribution in [-0.2, 0) is 11.2 Å². The summed E-state index contributed by atoms with van der Waals surface area (Å²) in [6.45, 7) is 4.09. The van der Waals surface area contributed by atoms with E-state index in [1.807, 2.05) is 24.4 Å². The topological polar surface area (TPSA) is 29.1 Å². The van der Waals surface area contributed by atoms with E-state index in [0.717, 1.165) is 11.3 Å². The van der Waals surface area contributed by atoms with Crippen molar-refractivity contribution in [2.45, 2.75) is 32.7 Å². The molecule has 1 aromatic rings. The summed E-state index contributed by atoms with van der Waals surface area (Å²) in [6.07, 6.45) is 1.50. The highest BCUT2D eigenvalue weighted by atomic mass is 32.1. The predicted molar refractivity (Wildman–Crippen MR) is 55.9 cm³/mol. The van der Waals surface area contributed by atoms with Crippen molar-refractivity contribution in [2.75, 3.05) is 0 Å². The zero-order valence-electron chi connectivity index (χ0n) is 8.04. The first-order valence-corrected chi connectivity index (χ1v) is 5.42. The molecule has 0 aliphatic carbocycles. The molecule has 0 aliphatic rings. The van der Waals surface area contributed by atoms with Gasteiger partial charge in [0.2, 0.25) is 5.91 Å². The average Bonchev–Trinajstić information content (AvgIpc) is 2.56. The van der Waals surface area contributed by atoms with Gasteiger partial charge in [-0.05, 0) is 24.8 Å². The van der Waals surface area contributed by atoms with Gasteiger partial charge in [0.05, 0.1) is 6.42 Å². The Morgan fingerprint density at radius 3 is 3.00 bits per heavy atom. The summed E-state index contributed by atoms with van der Waals surface area (Å²) in [5, 5.41) is 4.93. The van der Waals surface area contributed by atoms with Crippen molar-refractivity contribution >= 4 is 17.2 Å². The van der Waals surface area contributed by atoms with Gasteiger partial charge in [-0.25, -0.2) is 0 Å². The molecule has 1 atom stereocenters. The van der Waals surface area contributed by atoms with Gasteiger partial charge < -0.3 is 5.32 Å². The maximum absolute atomic E-state index is 11.4. The monoisotopic (exact) mass is 197 g/mol. The van der Waals surface area contributed by atoms with Crippen LogP contribution in [0.25, 0.3) is 0 Å². The second-order valence-electron chi connectivity index (χ2n) is 3.13. The first kappa shape index (κ1) is 10.3. The smallest absolute Gasteiger partial charge is 0.225 e. The van der Waals surface area contributed by atoms with Crippen LogP contribution in [0.15, 0.2) is 17.5 Å². The summed E-state index contributed by atoms with van der Waals surface area (Å²) in [4.78, 5) is 12.5. The summed E-state index contributed by atoms with van der Waals surface area (Å²) in [6, 6.07) is 4.24. The number of hydrogen-bond donors (Lipinski definition) is 1. The van der Waals surface area contributed by atoms with Gasteiger partial charge in [0.25, 0.3) is 0 Å². The Balaban J connectivity index is 2.34. The normalized spacial score (nSPS) is 12.5. The van der Waals surface area contributed by atoms with Gasteiger partial charge in [0.15, 0.2) is 0 Å². The molecule has 72 valence electrons. The van der Waals surface area contributed by atoms with Crippen LogP contribution in [0.5, 0.6) is 0 Å². The van der Waals surface area contributed by atoms with Crippen LogP contribution in [-0.4, -0.2) is 11.9 Å². The lowest BCUT2D eigenvalue weighted by molar-refractivity contribution is -0.121. The fourth-order valence-corrected chi connectivity index (χ4v) is 1.70. The molecule has 3 heteroatoms. The minimum absolute atomic E-state index is 0.122. The summed E-state index contributed by atoms with van der Waals surface area (Å²) in [5.74, 6) is 0.122. The molecule has 0 aliphatic heterocycles. The van der Waals surface area contributed by atoms with Gasteiger partial charge in [0, 0.05) is 10.9 Å². The molecule has 0 bridgehead atoms. The van der Waals surface area contributed by atoms with Crippen LogP contribution in [0.2, 0.25) is 0 Å². The number of carbonyl (C=O) groups excluding carboxylic acids is 1. The van der Waals surface area contributed by atoms with Crippen LogP contribution in [0, 0.1) is 0 Å². The van der Waals surface area contributed by atoms with E-state index in [2.05, 4.69) is 12.2 Å². The molecular formula is C10H15NOS. The zero-order valence-corrected chi connectivity index (χ0v) is 8.86. The average molecular weight is 197 g/mol. The van der Waals surface area contributed by atoms with Crippen LogP contribution in [0.3, 0.4) is 0 Å². The molecule has 0 spiro atoms. The molecule has 0 saturated heterocycles. The Labute approximate surface area is 83.0 Å². The third kappa shape index (κ3) is 3.59. The summed E-state index contributed by atoms with van der Waals surface area (Å²) in [5.41, 5.74) is 0. The third-order valence-corrected chi connectivity index (χ3v) is 2.81. The maximum atomic E-state index is 11.4. The van der Waals surface area contributed by atoms with Crippen LogP contribution >= 0.6 is 11.3 Å². The van der Waals surface area contributed by atoms with Crippen LogP contribution in [0.1, 0.15) is 25.1 Å². The molecular weight excluding hydrogens is 182 g/mol. The van der Waals surface area contributed by atoms with Crippen molar-refractivity contribution in [2.24, 2.45) is 0 Å². The predicted octanol–water partition coefficient (Wildman–Crippen LogP) is 2.21. The fourth-order valence-electron chi connectivity index (χ4n) is 0.999. The number of nitrogens with one attached hydrogen (secondary N) is 1. The molecule has 1 heterocycles. The Morgan fingerprint density at radius 1 is 1.69 bits per heavy atom. The number of rotatable bonds is 4. The minimum Gasteiger partial charge on any atom is -0.353 e. The molecule has 2 nitrogen and oxygen atoms in total. The maximum Gasteiger partial charge on any atom is 0.225 e. The van der Waals surface area contributed by atoms with E-state index in [4.69, 9.17) is 0 Å². The largest absolute Gasteiger partial charge is 0.353 e. The van der Waals surface area contributed by atoms with Gasteiger partial charge in [0.1, 0.15) is 0 Å². The lowest BCUT2D eigenvalue weighted by atomic mass is 10.2. The quantitative estimate of drug-likeness (QED) is 0.787. The summed E-state index contributed by atoms with van der Waals surface area (Å²) < 4.78 is 0. The Morgan fingerprint density at radius 2 is 2.46 bits per heavy atom. The number of hydrogen-bond acceptors (Lipinski definition) is 2. The first-order valence-electron chi connectivity index (χ1n) is 4.54. The Hall–Kier alpha value is -0.830. The van der Waals surface area contributed by atoms with E-state index in [9.17, 15) is 4.79 Å².